The highest BCUT2D eigenvalue weighted by atomic mass is 16.3. The zero-order valence-electron chi connectivity index (χ0n) is 11.2. The maximum Gasteiger partial charge on any atom is 0.253 e. The molecule has 20 heavy (non-hydrogen) atoms. The Balaban J connectivity index is 1.85. The molecule has 104 valence electrons. The molecular formula is C16H18N2O2. The molecular weight excluding hydrogens is 252 g/mol. The first-order valence-corrected chi connectivity index (χ1v) is 6.97. The second-order valence-corrected chi connectivity index (χ2v) is 5.19. The smallest absolute Gasteiger partial charge is 0.253 e. The Labute approximate surface area is 118 Å². The van der Waals surface area contributed by atoms with Gasteiger partial charge >= 0.3 is 0 Å². The van der Waals surface area contributed by atoms with Crippen LogP contribution in [0.3, 0.4) is 0 Å². The molecule has 1 amide bonds. The Morgan fingerprint density at radius 2 is 1.90 bits per heavy atom. The van der Waals surface area contributed by atoms with Gasteiger partial charge in [0.1, 0.15) is 0 Å². The van der Waals surface area contributed by atoms with Crippen LogP contribution in [0.4, 0.5) is 0 Å². The zero-order chi connectivity index (χ0) is 13.9. The lowest BCUT2D eigenvalue weighted by molar-refractivity contribution is 0.0873. The molecule has 0 spiro atoms. The molecule has 1 heterocycles. The number of nitrogens with one attached hydrogen (secondary N) is 1. The summed E-state index contributed by atoms with van der Waals surface area (Å²) in [6, 6.07) is 11.2. The third-order valence-corrected chi connectivity index (χ3v) is 3.83. The molecule has 1 aromatic carbocycles. The van der Waals surface area contributed by atoms with Crippen molar-refractivity contribution in [1.29, 1.82) is 0 Å². The number of carbonyl (C=O) groups excluding carboxylic acids is 1. The van der Waals surface area contributed by atoms with Gasteiger partial charge in [0.25, 0.3) is 5.91 Å². The quantitative estimate of drug-likeness (QED) is 0.897. The zero-order valence-corrected chi connectivity index (χ0v) is 11.2. The number of para-hydroxylation sites is 1. The molecule has 1 aromatic heterocycles. The van der Waals surface area contributed by atoms with Crippen LogP contribution < -0.4 is 5.32 Å². The summed E-state index contributed by atoms with van der Waals surface area (Å²) in [7, 11) is 0. The number of carbonyl (C=O) groups is 1. The summed E-state index contributed by atoms with van der Waals surface area (Å²) in [5.74, 6) is -0.125. The van der Waals surface area contributed by atoms with Crippen LogP contribution in [0, 0.1) is 0 Å². The van der Waals surface area contributed by atoms with Gasteiger partial charge in [-0.2, -0.15) is 0 Å². The van der Waals surface area contributed by atoms with Gasteiger partial charge in [-0.15, -0.1) is 0 Å². The molecule has 1 saturated carbocycles. The normalized spacial score (nSPS) is 21.9. The Hall–Kier alpha value is -2.07. The molecule has 3 rings (SSSR count). The van der Waals surface area contributed by atoms with Crippen LogP contribution in [0.15, 0.2) is 48.8 Å². The monoisotopic (exact) mass is 270 g/mol. The minimum absolute atomic E-state index is 0.125. The molecule has 1 aliphatic carbocycles. The number of aromatic nitrogens is 1. The molecule has 0 unspecified atom stereocenters. The molecule has 4 heteroatoms. The van der Waals surface area contributed by atoms with Gasteiger partial charge in [-0.1, -0.05) is 12.1 Å². The standard InChI is InChI=1S/C16H18N2O2/c19-15-9-5-7-13(15)17-16(20)12-6-1-2-8-14(12)18-10-3-4-11-18/h1-4,6,8,10-11,13,15,19H,5,7,9H2,(H,17,20)/t13-,15-/m0/s1. The third kappa shape index (κ3) is 2.47. The van der Waals surface area contributed by atoms with Crippen LogP contribution in [0.5, 0.6) is 0 Å². The highest BCUT2D eigenvalue weighted by molar-refractivity contribution is 5.98. The average molecular weight is 270 g/mol. The van der Waals surface area contributed by atoms with Crippen molar-refractivity contribution in [1.82, 2.24) is 9.88 Å². The molecule has 1 fully saturated rings. The van der Waals surface area contributed by atoms with E-state index in [1.54, 1.807) is 0 Å². The number of hydrogen-bond donors (Lipinski definition) is 2. The number of nitrogens with zero attached hydrogens (tertiary/aromatic N) is 1. The first kappa shape index (κ1) is 12.9. The lowest BCUT2D eigenvalue weighted by Crippen LogP contribution is -2.40. The van der Waals surface area contributed by atoms with Crippen molar-refractivity contribution in [3.8, 4) is 5.69 Å². The van der Waals surface area contributed by atoms with Crippen molar-refractivity contribution in [2.75, 3.05) is 0 Å². The number of aliphatic hydroxyl groups excluding tert-OH is 1. The van der Waals surface area contributed by atoms with E-state index in [-0.39, 0.29) is 11.9 Å². The van der Waals surface area contributed by atoms with E-state index in [0.717, 1.165) is 24.9 Å². The minimum Gasteiger partial charge on any atom is -0.391 e. The van der Waals surface area contributed by atoms with Crippen LogP contribution in [-0.2, 0) is 0 Å². The van der Waals surface area contributed by atoms with Gasteiger partial charge in [-0.3, -0.25) is 4.79 Å². The largest absolute Gasteiger partial charge is 0.391 e. The lowest BCUT2D eigenvalue weighted by atomic mass is 10.1. The molecule has 1 aliphatic rings. The van der Waals surface area contributed by atoms with Crippen LogP contribution in [0.25, 0.3) is 5.69 Å². The van der Waals surface area contributed by atoms with Crippen molar-refractivity contribution in [2.45, 2.75) is 31.4 Å². The molecule has 4 nitrogen and oxygen atoms in total. The highest BCUT2D eigenvalue weighted by Gasteiger charge is 2.27. The van der Waals surface area contributed by atoms with Crippen molar-refractivity contribution >= 4 is 5.91 Å². The molecule has 2 aromatic rings. The van der Waals surface area contributed by atoms with Gasteiger partial charge in [0, 0.05) is 12.4 Å². The van der Waals surface area contributed by atoms with E-state index in [1.165, 1.54) is 0 Å². The highest BCUT2D eigenvalue weighted by Crippen LogP contribution is 2.20. The molecule has 0 saturated heterocycles. The summed E-state index contributed by atoms with van der Waals surface area (Å²) >= 11 is 0. The Morgan fingerprint density at radius 3 is 2.60 bits per heavy atom. The third-order valence-electron chi connectivity index (χ3n) is 3.83. The van der Waals surface area contributed by atoms with Crippen molar-refractivity contribution < 1.29 is 9.90 Å². The topological polar surface area (TPSA) is 54.3 Å². The fourth-order valence-electron chi connectivity index (χ4n) is 2.74. The molecule has 0 radical (unpaired) electrons. The van der Waals surface area contributed by atoms with E-state index in [9.17, 15) is 9.90 Å². The van der Waals surface area contributed by atoms with E-state index in [0.29, 0.717) is 5.56 Å². The summed E-state index contributed by atoms with van der Waals surface area (Å²) in [5.41, 5.74) is 1.48. The average Bonchev–Trinajstić information content (AvgIpc) is 3.11. The Kier molecular flexibility index (Phi) is 3.56. The molecule has 2 N–H and O–H groups in total. The lowest BCUT2D eigenvalue weighted by Gasteiger charge is -2.18. The van der Waals surface area contributed by atoms with E-state index in [4.69, 9.17) is 0 Å². The van der Waals surface area contributed by atoms with E-state index in [1.807, 2.05) is 53.4 Å². The van der Waals surface area contributed by atoms with Crippen molar-refractivity contribution in [3.63, 3.8) is 0 Å². The van der Waals surface area contributed by atoms with Crippen LogP contribution in [-0.4, -0.2) is 27.7 Å². The summed E-state index contributed by atoms with van der Waals surface area (Å²) in [4.78, 5) is 12.4. The molecule has 2 atom stereocenters. The van der Waals surface area contributed by atoms with Crippen LogP contribution in [0.1, 0.15) is 29.6 Å². The fraction of sp³-hybridized carbons (Fsp3) is 0.312. The summed E-state index contributed by atoms with van der Waals surface area (Å²) in [6.45, 7) is 0. The summed E-state index contributed by atoms with van der Waals surface area (Å²) < 4.78 is 1.92. The van der Waals surface area contributed by atoms with Gasteiger partial charge < -0.3 is 15.0 Å². The minimum atomic E-state index is -0.419. The van der Waals surface area contributed by atoms with Gasteiger partial charge in [-0.05, 0) is 43.5 Å². The van der Waals surface area contributed by atoms with Gasteiger partial charge in [0.15, 0.2) is 0 Å². The van der Waals surface area contributed by atoms with E-state index in [2.05, 4.69) is 5.32 Å². The van der Waals surface area contributed by atoms with Gasteiger partial charge in [0.2, 0.25) is 0 Å². The summed E-state index contributed by atoms with van der Waals surface area (Å²) in [5, 5.41) is 12.8. The Bertz CT molecular complexity index is 592. The van der Waals surface area contributed by atoms with Gasteiger partial charge in [-0.25, -0.2) is 0 Å². The van der Waals surface area contributed by atoms with Crippen LogP contribution >= 0.6 is 0 Å². The maximum absolute atomic E-state index is 12.4. The predicted molar refractivity (Wildman–Crippen MR) is 76.9 cm³/mol. The molecule has 0 bridgehead atoms. The van der Waals surface area contributed by atoms with Gasteiger partial charge in [0.05, 0.1) is 23.4 Å². The van der Waals surface area contributed by atoms with Crippen LogP contribution in [0.2, 0.25) is 0 Å². The molecule has 0 aliphatic heterocycles. The van der Waals surface area contributed by atoms with E-state index < -0.39 is 6.10 Å². The predicted octanol–water partition coefficient (Wildman–Crippen LogP) is 2.12. The first-order chi connectivity index (χ1) is 9.75. The number of rotatable bonds is 3. The second-order valence-electron chi connectivity index (χ2n) is 5.19. The second kappa shape index (κ2) is 5.51. The number of hydrogen-bond acceptors (Lipinski definition) is 2. The van der Waals surface area contributed by atoms with Crippen molar-refractivity contribution in [3.05, 3.63) is 54.4 Å². The summed E-state index contributed by atoms with van der Waals surface area (Å²) in [6.07, 6.45) is 5.99. The Morgan fingerprint density at radius 1 is 1.15 bits per heavy atom. The maximum atomic E-state index is 12.4. The fourth-order valence-corrected chi connectivity index (χ4v) is 2.74. The number of aliphatic hydroxyl groups is 1. The SMILES string of the molecule is O=C(N[C@H]1CCC[C@@H]1O)c1ccccc1-n1cccc1. The van der Waals surface area contributed by atoms with Crippen molar-refractivity contribution in [2.24, 2.45) is 0 Å². The first-order valence-electron chi connectivity index (χ1n) is 6.97. The van der Waals surface area contributed by atoms with E-state index >= 15 is 0 Å². The number of amides is 1. The number of benzene rings is 1.